The molecule has 1 aromatic heterocycles. The summed E-state index contributed by atoms with van der Waals surface area (Å²) in [6.07, 6.45) is 3.83. The Hall–Kier alpha value is -2.12. The van der Waals surface area contributed by atoms with Gasteiger partial charge in [0.25, 0.3) is 0 Å². The van der Waals surface area contributed by atoms with Crippen LogP contribution >= 0.6 is 11.8 Å². The molecule has 5 nitrogen and oxygen atoms in total. The molecular weight excluding hydrogens is 366 g/mol. The molecule has 3 aromatic rings. The molecule has 0 amide bonds. The predicted molar refractivity (Wildman–Crippen MR) is 116 cm³/mol. The lowest BCUT2D eigenvalue weighted by Gasteiger charge is -2.19. The van der Waals surface area contributed by atoms with Gasteiger partial charge in [0.05, 0.1) is 6.04 Å². The number of thioether (sulfide) groups is 1. The van der Waals surface area contributed by atoms with Crippen LogP contribution < -0.4 is 16.2 Å². The fourth-order valence-electron chi connectivity index (χ4n) is 3.59. The summed E-state index contributed by atoms with van der Waals surface area (Å²) in [7, 11) is 2.03. The second-order valence-electron chi connectivity index (χ2n) is 7.12. The van der Waals surface area contributed by atoms with Crippen LogP contribution in [0.5, 0.6) is 0 Å². The van der Waals surface area contributed by atoms with Crippen LogP contribution in [0.15, 0.2) is 72.1 Å². The molecule has 0 saturated carbocycles. The molecule has 0 bridgehead atoms. The molecule has 0 aliphatic carbocycles. The minimum Gasteiger partial charge on any atom is -0.329 e. The number of imidazole rings is 1. The van der Waals surface area contributed by atoms with Crippen molar-refractivity contribution in [2.75, 3.05) is 25.4 Å². The van der Waals surface area contributed by atoms with Gasteiger partial charge in [-0.25, -0.2) is 10.4 Å². The fraction of sp³-hybridized carbons (Fsp3) is 0.318. The average Bonchev–Trinajstić information content (AvgIpc) is 3.37. The van der Waals surface area contributed by atoms with E-state index in [-0.39, 0.29) is 0 Å². The van der Waals surface area contributed by atoms with Crippen molar-refractivity contribution >= 4 is 11.8 Å². The summed E-state index contributed by atoms with van der Waals surface area (Å²) < 4.78 is 2.06. The van der Waals surface area contributed by atoms with E-state index in [1.165, 1.54) is 16.7 Å². The molecule has 3 N–H and O–H groups in total. The van der Waals surface area contributed by atoms with Gasteiger partial charge < -0.3 is 9.88 Å². The van der Waals surface area contributed by atoms with Crippen LogP contribution in [0, 0.1) is 5.92 Å². The maximum atomic E-state index is 4.35. The largest absolute Gasteiger partial charge is 0.329 e. The van der Waals surface area contributed by atoms with Crippen LogP contribution in [0.25, 0.3) is 11.1 Å². The highest BCUT2D eigenvalue weighted by molar-refractivity contribution is 7.99. The van der Waals surface area contributed by atoms with Crippen LogP contribution in [0.2, 0.25) is 0 Å². The molecule has 1 saturated heterocycles. The van der Waals surface area contributed by atoms with Gasteiger partial charge in [-0.3, -0.25) is 5.43 Å². The van der Waals surface area contributed by atoms with Crippen molar-refractivity contribution in [3.05, 3.63) is 72.6 Å². The molecule has 2 aromatic carbocycles. The Balaban J connectivity index is 1.28. The summed E-state index contributed by atoms with van der Waals surface area (Å²) in [5.74, 6) is 1.55. The summed E-state index contributed by atoms with van der Waals surface area (Å²) >= 11 is 1.79. The third kappa shape index (κ3) is 4.64. The second kappa shape index (κ2) is 9.39. The van der Waals surface area contributed by atoms with Crippen LogP contribution in [0.4, 0.5) is 0 Å². The summed E-state index contributed by atoms with van der Waals surface area (Å²) in [4.78, 5) is 4.35. The summed E-state index contributed by atoms with van der Waals surface area (Å²) in [5, 5.41) is 4.68. The fourth-order valence-corrected chi connectivity index (χ4v) is 4.42. The third-order valence-corrected chi connectivity index (χ3v) is 6.22. The average molecular weight is 394 g/mol. The van der Waals surface area contributed by atoms with E-state index in [2.05, 4.69) is 80.3 Å². The third-order valence-electron chi connectivity index (χ3n) is 5.16. The van der Waals surface area contributed by atoms with Gasteiger partial charge in [0, 0.05) is 50.7 Å². The van der Waals surface area contributed by atoms with E-state index in [0.29, 0.717) is 12.0 Å². The zero-order valence-corrected chi connectivity index (χ0v) is 17.0. The molecular formula is C22H27N5S. The number of hydrogen-bond acceptors (Lipinski definition) is 5. The number of nitrogens with zero attached hydrogens (tertiary/aromatic N) is 2. The lowest BCUT2D eigenvalue weighted by atomic mass is 9.93. The molecule has 146 valence electrons. The maximum Gasteiger partial charge on any atom is 0.167 e. The highest BCUT2D eigenvalue weighted by Crippen LogP contribution is 2.27. The number of aryl methyl sites for hydroxylation is 1. The van der Waals surface area contributed by atoms with Crippen molar-refractivity contribution < 1.29 is 0 Å². The minimum absolute atomic E-state index is 0.333. The number of hydrazine groups is 1. The molecule has 4 rings (SSSR count). The Morgan fingerprint density at radius 2 is 1.89 bits per heavy atom. The summed E-state index contributed by atoms with van der Waals surface area (Å²) in [5.41, 5.74) is 10.6. The lowest BCUT2D eigenvalue weighted by Crippen LogP contribution is -2.30. The standard InChI is InChI=1S/C22H27N5S/c1-27-13-11-24-22(27)28-14-12-23-15-20-16-25-26-21(20)19-9-7-18(8-10-19)17-5-3-2-4-6-17/h2-11,13,20-21,23,25-26H,12,14-16H2,1H3. The normalized spacial score (nSPS) is 19.2. The Morgan fingerprint density at radius 3 is 2.64 bits per heavy atom. The van der Waals surface area contributed by atoms with E-state index in [1.807, 2.05) is 19.4 Å². The Bertz CT molecular complexity index is 862. The molecule has 1 aliphatic rings. The molecule has 2 atom stereocenters. The van der Waals surface area contributed by atoms with Gasteiger partial charge in [0.1, 0.15) is 0 Å². The second-order valence-corrected chi connectivity index (χ2v) is 8.19. The van der Waals surface area contributed by atoms with Crippen molar-refractivity contribution in [3.63, 3.8) is 0 Å². The first kappa shape index (κ1) is 19.2. The molecule has 0 spiro atoms. The van der Waals surface area contributed by atoms with E-state index in [9.17, 15) is 0 Å². The summed E-state index contributed by atoms with van der Waals surface area (Å²) in [6.45, 7) is 2.95. The number of aromatic nitrogens is 2. The van der Waals surface area contributed by atoms with Gasteiger partial charge >= 0.3 is 0 Å². The van der Waals surface area contributed by atoms with Crippen molar-refractivity contribution in [2.24, 2.45) is 13.0 Å². The van der Waals surface area contributed by atoms with Crippen molar-refractivity contribution in [3.8, 4) is 11.1 Å². The van der Waals surface area contributed by atoms with E-state index >= 15 is 0 Å². The van der Waals surface area contributed by atoms with E-state index in [4.69, 9.17) is 0 Å². The lowest BCUT2D eigenvalue weighted by molar-refractivity contribution is 0.448. The zero-order valence-electron chi connectivity index (χ0n) is 16.1. The zero-order chi connectivity index (χ0) is 19.2. The van der Waals surface area contributed by atoms with Crippen molar-refractivity contribution in [2.45, 2.75) is 11.2 Å². The first-order valence-corrected chi connectivity index (χ1v) is 10.7. The Morgan fingerprint density at radius 1 is 1.11 bits per heavy atom. The minimum atomic E-state index is 0.333. The number of benzene rings is 2. The highest BCUT2D eigenvalue weighted by atomic mass is 32.2. The number of nitrogens with one attached hydrogen (secondary N) is 3. The van der Waals surface area contributed by atoms with Crippen molar-refractivity contribution in [1.82, 2.24) is 25.7 Å². The number of rotatable bonds is 8. The molecule has 28 heavy (non-hydrogen) atoms. The number of hydrogen-bond donors (Lipinski definition) is 3. The van der Waals surface area contributed by atoms with E-state index in [1.54, 1.807) is 11.8 Å². The monoisotopic (exact) mass is 393 g/mol. The molecule has 6 heteroatoms. The maximum absolute atomic E-state index is 4.35. The van der Waals surface area contributed by atoms with Gasteiger partial charge in [0.15, 0.2) is 5.16 Å². The van der Waals surface area contributed by atoms with Crippen LogP contribution in [0.1, 0.15) is 11.6 Å². The van der Waals surface area contributed by atoms with E-state index < -0.39 is 0 Å². The molecule has 1 fully saturated rings. The van der Waals surface area contributed by atoms with Gasteiger partial charge in [-0.15, -0.1) is 0 Å². The van der Waals surface area contributed by atoms with Crippen LogP contribution in [0.3, 0.4) is 0 Å². The first-order chi connectivity index (χ1) is 13.8. The van der Waals surface area contributed by atoms with Gasteiger partial charge in [-0.1, -0.05) is 66.4 Å². The van der Waals surface area contributed by atoms with Gasteiger partial charge in [-0.05, 0) is 16.7 Å². The predicted octanol–water partition coefficient (Wildman–Crippen LogP) is 3.23. The highest BCUT2D eigenvalue weighted by Gasteiger charge is 2.27. The smallest absolute Gasteiger partial charge is 0.167 e. The molecule has 1 aliphatic heterocycles. The topological polar surface area (TPSA) is 53.9 Å². The molecule has 2 unspecified atom stereocenters. The van der Waals surface area contributed by atoms with E-state index in [0.717, 1.165) is 30.5 Å². The first-order valence-electron chi connectivity index (χ1n) is 9.76. The quantitative estimate of drug-likeness (QED) is 0.405. The molecule has 0 radical (unpaired) electrons. The Kier molecular flexibility index (Phi) is 6.44. The summed E-state index contributed by atoms with van der Waals surface area (Å²) in [6, 6.07) is 19.8. The molecule has 2 heterocycles. The van der Waals surface area contributed by atoms with Gasteiger partial charge in [0.2, 0.25) is 0 Å². The van der Waals surface area contributed by atoms with Gasteiger partial charge in [-0.2, -0.15) is 0 Å². The van der Waals surface area contributed by atoms with Crippen molar-refractivity contribution in [1.29, 1.82) is 0 Å². The van der Waals surface area contributed by atoms with Crippen LogP contribution in [-0.2, 0) is 7.05 Å². The Labute approximate surface area is 170 Å². The van der Waals surface area contributed by atoms with Crippen LogP contribution in [-0.4, -0.2) is 34.9 Å². The SMILES string of the molecule is Cn1ccnc1SCCNCC1CNNC1c1ccc(-c2ccccc2)cc1.